The molecule has 0 aliphatic rings. The number of methoxy groups -OCH3 is 1. The Bertz CT molecular complexity index is 779. The number of benzene rings is 1. The number of ether oxygens (including phenoxy) is 1. The first kappa shape index (κ1) is 17.7. The van der Waals surface area contributed by atoms with Crippen LogP contribution in [0.2, 0.25) is 0 Å². The lowest BCUT2D eigenvalue weighted by Crippen LogP contribution is -2.05. The number of nitro groups is 1. The van der Waals surface area contributed by atoms with Crippen LogP contribution < -0.4 is 0 Å². The molecule has 10 heteroatoms. The molecule has 2 rings (SSSR count). The largest absolute Gasteiger partial charge is 0.465 e. The van der Waals surface area contributed by atoms with Crippen LogP contribution in [0.5, 0.6) is 0 Å². The number of nitrogens with zero attached hydrogens (tertiary/aromatic N) is 2. The summed E-state index contributed by atoms with van der Waals surface area (Å²) in [6.45, 7) is 0. The number of carbonyl (C=O) groups is 1. The topological polar surface area (TPSA) is 82.3 Å². The van der Waals surface area contributed by atoms with Gasteiger partial charge in [-0.25, -0.2) is 9.78 Å². The predicted octanol–water partition coefficient (Wildman–Crippen LogP) is 3.95. The molecule has 0 N–H and O–H groups in total. The van der Waals surface area contributed by atoms with Gasteiger partial charge in [0, 0.05) is 12.3 Å². The number of hydrogen-bond donors (Lipinski definition) is 0. The van der Waals surface area contributed by atoms with E-state index in [4.69, 9.17) is 0 Å². The summed E-state index contributed by atoms with van der Waals surface area (Å²) in [6.07, 6.45) is -3.86. The fraction of sp³-hybridized carbons (Fsp3) is 0.143. The van der Waals surface area contributed by atoms with Crippen LogP contribution in [0.3, 0.4) is 0 Å². The lowest BCUT2D eigenvalue weighted by Gasteiger charge is -2.07. The van der Waals surface area contributed by atoms with Crippen molar-refractivity contribution < 1.29 is 27.6 Å². The summed E-state index contributed by atoms with van der Waals surface area (Å²) < 4.78 is 42.0. The quantitative estimate of drug-likeness (QED) is 0.468. The molecule has 0 atom stereocenters. The van der Waals surface area contributed by atoms with Gasteiger partial charge in [-0.15, -0.1) is 0 Å². The number of aromatic nitrogens is 1. The first-order valence-corrected chi connectivity index (χ1v) is 7.12. The Morgan fingerprint density at radius 1 is 1.29 bits per heavy atom. The smallest absolute Gasteiger partial charge is 0.417 e. The van der Waals surface area contributed by atoms with Crippen molar-refractivity contribution in [3.8, 4) is 0 Å². The van der Waals surface area contributed by atoms with E-state index in [9.17, 15) is 28.1 Å². The second-order valence-corrected chi connectivity index (χ2v) is 5.48. The summed E-state index contributed by atoms with van der Waals surface area (Å²) in [6, 6.07) is 5.63. The van der Waals surface area contributed by atoms with Gasteiger partial charge in [0.25, 0.3) is 5.69 Å². The molecular formula is C14H9F3N2O4S. The number of esters is 1. The van der Waals surface area contributed by atoms with Crippen LogP contribution in [0.15, 0.2) is 46.5 Å². The minimum Gasteiger partial charge on any atom is -0.465 e. The highest BCUT2D eigenvalue weighted by molar-refractivity contribution is 7.99. The summed E-state index contributed by atoms with van der Waals surface area (Å²) in [7, 11) is 1.14. The molecule has 1 heterocycles. The second kappa shape index (κ2) is 6.87. The van der Waals surface area contributed by atoms with Crippen molar-refractivity contribution in [2.24, 2.45) is 0 Å². The van der Waals surface area contributed by atoms with Gasteiger partial charge in [0.2, 0.25) is 0 Å². The lowest BCUT2D eigenvalue weighted by molar-refractivity contribution is -0.387. The first-order valence-electron chi connectivity index (χ1n) is 6.30. The van der Waals surface area contributed by atoms with E-state index >= 15 is 0 Å². The molecule has 24 heavy (non-hydrogen) atoms. The summed E-state index contributed by atoms with van der Waals surface area (Å²) in [4.78, 5) is 25.6. The zero-order valence-electron chi connectivity index (χ0n) is 12.0. The number of alkyl halides is 3. The Hall–Kier alpha value is -2.62. The molecule has 6 nitrogen and oxygen atoms in total. The summed E-state index contributed by atoms with van der Waals surface area (Å²) in [5, 5.41) is 11.3. The fourth-order valence-electron chi connectivity index (χ4n) is 1.71. The van der Waals surface area contributed by atoms with Crippen LogP contribution in [0.25, 0.3) is 0 Å². The zero-order chi connectivity index (χ0) is 17.9. The summed E-state index contributed by atoms with van der Waals surface area (Å²) in [5.74, 6) is -0.734. The van der Waals surface area contributed by atoms with Crippen molar-refractivity contribution in [1.29, 1.82) is 0 Å². The molecule has 1 aromatic heterocycles. The highest BCUT2D eigenvalue weighted by Crippen LogP contribution is 2.36. The average molecular weight is 358 g/mol. The molecular weight excluding hydrogens is 349 g/mol. The molecule has 0 radical (unpaired) electrons. The molecule has 0 aliphatic heterocycles. The summed E-state index contributed by atoms with van der Waals surface area (Å²) >= 11 is 0.818. The third-order valence-corrected chi connectivity index (χ3v) is 3.87. The van der Waals surface area contributed by atoms with E-state index in [-0.39, 0.29) is 21.2 Å². The molecule has 0 bridgehead atoms. The maximum atomic E-state index is 12.5. The monoisotopic (exact) mass is 358 g/mol. The van der Waals surface area contributed by atoms with Crippen molar-refractivity contribution in [3.05, 3.63) is 57.8 Å². The normalized spacial score (nSPS) is 11.2. The molecule has 2 aromatic rings. The molecule has 126 valence electrons. The van der Waals surface area contributed by atoms with Gasteiger partial charge in [-0.3, -0.25) is 10.1 Å². The lowest BCUT2D eigenvalue weighted by atomic mass is 10.2. The molecule has 0 unspecified atom stereocenters. The van der Waals surface area contributed by atoms with Crippen LogP contribution in [0.4, 0.5) is 18.9 Å². The number of halogens is 3. The number of nitro benzene ring substituents is 1. The van der Waals surface area contributed by atoms with E-state index in [0.717, 1.165) is 37.1 Å². The molecule has 0 aliphatic carbocycles. The van der Waals surface area contributed by atoms with Gasteiger partial charge in [0.1, 0.15) is 5.03 Å². The van der Waals surface area contributed by atoms with E-state index < -0.39 is 22.6 Å². The van der Waals surface area contributed by atoms with Crippen LogP contribution >= 0.6 is 11.8 Å². The molecule has 0 amide bonds. The molecule has 0 saturated carbocycles. The Balaban J connectivity index is 2.32. The molecule has 0 spiro atoms. The van der Waals surface area contributed by atoms with E-state index in [1.165, 1.54) is 12.1 Å². The second-order valence-electron chi connectivity index (χ2n) is 4.42. The number of hydrogen-bond acceptors (Lipinski definition) is 6. The van der Waals surface area contributed by atoms with E-state index in [0.29, 0.717) is 6.20 Å². The summed E-state index contributed by atoms with van der Waals surface area (Å²) in [5.41, 5.74) is -1.29. The SMILES string of the molecule is COC(=O)c1ccc(Sc2ccc(C(F)(F)F)cn2)c([N+](=O)[O-])c1. The maximum Gasteiger partial charge on any atom is 0.417 e. The predicted molar refractivity (Wildman–Crippen MR) is 77.8 cm³/mol. The van der Waals surface area contributed by atoms with Crippen molar-refractivity contribution >= 4 is 23.4 Å². The van der Waals surface area contributed by atoms with Crippen LogP contribution in [0.1, 0.15) is 15.9 Å². The Morgan fingerprint density at radius 3 is 2.50 bits per heavy atom. The van der Waals surface area contributed by atoms with Crippen LogP contribution in [-0.4, -0.2) is 23.0 Å². The van der Waals surface area contributed by atoms with Crippen molar-refractivity contribution in [3.63, 3.8) is 0 Å². The van der Waals surface area contributed by atoms with Gasteiger partial charge in [0.05, 0.1) is 28.1 Å². The zero-order valence-corrected chi connectivity index (χ0v) is 12.9. The first-order chi connectivity index (χ1) is 11.2. The third-order valence-electron chi connectivity index (χ3n) is 2.85. The van der Waals surface area contributed by atoms with Gasteiger partial charge in [-0.2, -0.15) is 13.2 Å². The van der Waals surface area contributed by atoms with E-state index in [2.05, 4.69) is 9.72 Å². The minimum atomic E-state index is -4.51. The van der Waals surface area contributed by atoms with Crippen molar-refractivity contribution in [1.82, 2.24) is 4.98 Å². The van der Waals surface area contributed by atoms with Gasteiger partial charge in [-0.05, 0) is 24.3 Å². The highest BCUT2D eigenvalue weighted by atomic mass is 32.2. The van der Waals surface area contributed by atoms with Crippen LogP contribution in [-0.2, 0) is 10.9 Å². The highest BCUT2D eigenvalue weighted by Gasteiger charge is 2.30. The van der Waals surface area contributed by atoms with E-state index in [1.807, 2.05) is 0 Å². The number of pyridine rings is 1. The standard InChI is InChI=1S/C14H9F3N2O4S/c1-23-13(20)8-2-4-11(10(6-8)19(21)22)24-12-5-3-9(7-18-12)14(15,16)17/h2-7H,1H3. The van der Waals surface area contributed by atoms with Gasteiger partial charge in [-0.1, -0.05) is 11.8 Å². The fourth-order valence-corrected chi connectivity index (χ4v) is 2.55. The Kier molecular flexibility index (Phi) is 5.07. The minimum absolute atomic E-state index is 0.00562. The Morgan fingerprint density at radius 2 is 2.00 bits per heavy atom. The molecule has 1 aromatic carbocycles. The van der Waals surface area contributed by atoms with Crippen molar-refractivity contribution in [2.75, 3.05) is 7.11 Å². The maximum absolute atomic E-state index is 12.5. The molecule has 0 fully saturated rings. The van der Waals surface area contributed by atoms with Crippen LogP contribution in [0, 0.1) is 10.1 Å². The average Bonchev–Trinajstić information content (AvgIpc) is 2.54. The Labute approximate surface area is 137 Å². The third kappa shape index (κ3) is 4.02. The van der Waals surface area contributed by atoms with Crippen molar-refractivity contribution in [2.45, 2.75) is 16.1 Å². The van der Waals surface area contributed by atoms with Gasteiger partial charge in [0.15, 0.2) is 0 Å². The number of carbonyl (C=O) groups excluding carboxylic acids is 1. The number of rotatable bonds is 4. The van der Waals surface area contributed by atoms with Gasteiger partial charge < -0.3 is 4.74 Å². The molecule has 0 saturated heterocycles. The van der Waals surface area contributed by atoms with E-state index in [1.54, 1.807) is 0 Å². The van der Waals surface area contributed by atoms with Gasteiger partial charge >= 0.3 is 12.1 Å².